The highest BCUT2D eigenvalue weighted by atomic mass is 35.5. The number of aromatic nitrogens is 3. The van der Waals surface area contributed by atoms with Crippen molar-refractivity contribution in [2.75, 3.05) is 0 Å². The Morgan fingerprint density at radius 2 is 1.89 bits per heavy atom. The van der Waals surface area contributed by atoms with Crippen molar-refractivity contribution >= 4 is 23.4 Å². The summed E-state index contributed by atoms with van der Waals surface area (Å²) in [6.07, 6.45) is 7.46. The molecule has 1 radical (unpaired) electrons. The van der Waals surface area contributed by atoms with Crippen molar-refractivity contribution in [2.24, 2.45) is 5.41 Å². The summed E-state index contributed by atoms with van der Waals surface area (Å²) in [7, 11) is 0. The summed E-state index contributed by atoms with van der Waals surface area (Å²) in [5, 5.41) is 4.93. The lowest BCUT2D eigenvalue weighted by Gasteiger charge is -2.19. The van der Waals surface area contributed by atoms with Crippen LogP contribution < -0.4 is 0 Å². The molecule has 0 aliphatic heterocycles. The number of allylic oxidation sites excluding steroid dienone is 1. The molecule has 2 aromatic rings. The van der Waals surface area contributed by atoms with E-state index < -0.39 is 0 Å². The Kier molecular flexibility index (Phi) is 4.05. The van der Waals surface area contributed by atoms with Crippen molar-refractivity contribution in [3.63, 3.8) is 0 Å². The largest absolute Gasteiger partial charge is 0.225 e. The molecular weight excluding hydrogens is 258 g/mol. The predicted octanol–water partition coefficient (Wildman–Crippen LogP) is 4.18. The summed E-state index contributed by atoms with van der Waals surface area (Å²) < 4.78 is 1.76. The van der Waals surface area contributed by atoms with Crippen molar-refractivity contribution in [1.82, 2.24) is 14.8 Å². The fourth-order valence-corrected chi connectivity index (χ4v) is 1.81. The zero-order valence-electron chi connectivity index (χ0n) is 11.3. The first kappa shape index (κ1) is 13.8. The van der Waals surface area contributed by atoms with Crippen LogP contribution in [0.1, 0.15) is 26.3 Å². The van der Waals surface area contributed by atoms with Crippen molar-refractivity contribution in [1.29, 1.82) is 0 Å². The van der Waals surface area contributed by atoms with E-state index in [1.54, 1.807) is 11.0 Å². The molecule has 0 saturated carbocycles. The molecule has 0 unspecified atom stereocenters. The Balaban J connectivity index is 2.34. The van der Waals surface area contributed by atoms with Crippen LogP contribution in [-0.4, -0.2) is 14.8 Å². The van der Waals surface area contributed by atoms with Crippen LogP contribution in [0.4, 0.5) is 0 Å². The maximum absolute atomic E-state index is 5.90. The standard InChI is InChI=1S/C15H17ClN3/c1-15(2,3)9-14(19-11-17-10-18-19)8-12-4-6-13(16)7-5-12/h4-11H,1-3H3/b14-8+. The van der Waals surface area contributed by atoms with Crippen molar-refractivity contribution in [2.45, 2.75) is 20.8 Å². The number of halogens is 1. The number of benzene rings is 1. The summed E-state index contributed by atoms with van der Waals surface area (Å²) in [6, 6.07) is 7.72. The Bertz CT molecular complexity index is 548. The molecule has 0 N–H and O–H groups in total. The fourth-order valence-electron chi connectivity index (χ4n) is 1.69. The maximum Gasteiger partial charge on any atom is 0.138 e. The van der Waals surface area contributed by atoms with Gasteiger partial charge in [-0.15, -0.1) is 0 Å². The van der Waals surface area contributed by atoms with E-state index in [2.05, 4.69) is 43.4 Å². The average molecular weight is 275 g/mol. The minimum absolute atomic E-state index is 0.0597. The zero-order chi connectivity index (χ0) is 13.9. The quantitative estimate of drug-likeness (QED) is 0.841. The summed E-state index contributed by atoms with van der Waals surface area (Å²) in [5.74, 6) is 0. The Morgan fingerprint density at radius 1 is 1.21 bits per heavy atom. The van der Waals surface area contributed by atoms with Crippen molar-refractivity contribution in [3.8, 4) is 0 Å². The molecule has 2 rings (SSSR count). The number of nitrogens with zero attached hydrogens (tertiary/aromatic N) is 3. The van der Waals surface area contributed by atoms with E-state index in [9.17, 15) is 0 Å². The van der Waals surface area contributed by atoms with E-state index in [0.29, 0.717) is 0 Å². The lowest BCUT2D eigenvalue weighted by Crippen LogP contribution is -2.11. The van der Waals surface area contributed by atoms with E-state index in [-0.39, 0.29) is 5.41 Å². The van der Waals surface area contributed by atoms with Crippen LogP contribution in [0.5, 0.6) is 0 Å². The van der Waals surface area contributed by atoms with E-state index in [4.69, 9.17) is 11.6 Å². The van der Waals surface area contributed by atoms with Gasteiger partial charge in [0.25, 0.3) is 0 Å². The smallest absolute Gasteiger partial charge is 0.138 e. The molecule has 0 spiro atoms. The van der Waals surface area contributed by atoms with Gasteiger partial charge in [-0.25, -0.2) is 9.67 Å². The monoisotopic (exact) mass is 274 g/mol. The van der Waals surface area contributed by atoms with E-state index >= 15 is 0 Å². The van der Waals surface area contributed by atoms with Crippen molar-refractivity contribution in [3.05, 3.63) is 53.9 Å². The Hall–Kier alpha value is -1.61. The van der Waals surface area contributed by atoms with Gasteiger partial charge in [-0.1, -0.05) is 44.5 Å². The maximum atomic E-state index is 5.90. The molecule has 1 aromatic heterocycles. The third-order valence-electron chi connectivity index (χ3n) is 2.45. The van der Waals surface area contributed by atoms with Gasteiger partial charge in [-0.3, -0.25) is 0 Å². The molecule has 1 aromatic carbocycles. The molecule has 19 heavy (non-hydrogen) atoms. The minimum atomic E-state index is 0.0597. The second-order valence-electron chi connectivity index (χ2n) is 5.47. The molecule has 0 fully saturated rings. The number of hydrogen-bond donors (Lipinski definition) is 0. The minimum Gasteiger partial charge on any atom is -0.225 e. The van der Waals surface area contributed by atoms with Crippen LogP contribution in [0.2, 0.25) is 5.02 Å². The SMILES string of the molecule is CC(C)(C)[CH]/C(=C\c1ccc(Cl)cc1)n1cncn1. The third kappa shape index (κ3) is 4.21. The highest BCUT2D eigenvalue weighted by molar-refractivity contribution is 6.30. The highest BCUT2D eigenvalue weighted by Gasteiger charge is 2.15. The average Bonchev–Trinajstić information content (AvgIpc) is 2.83. The van der Waals surface area contributed by atoms with Gasteiger partial charge in [-0.2, -0.15) is 5.10 Å². The number of rotatable bonds is 3. The molecule has 0 bridgehead atoms. The lowest BCUT2D eigenvalue weighted by atomic mass is 9.90. The van der Waals surface area contributed by atoms with Gasteiger partial charge in [-0.05, 0) is 29.2 Å². The normalized spacial score (nSPS) is 12.7. The predicted molar refractivity (Wildman–Crippen MR) is 79.4 cm³/mol. The molecule has 0 saturated heterocycles. The summed E-state index contributed by atoms with van der Waals surface area (Å²) in [5.41, 5.74) is 2.13. The zero-order valence-corrected chi connectivity index (χ0v) is 12.1. The highest BCUT2D eigenvalue weighted by Crippen LogP contribution is 2.26. The molecule has 0 atom stereocenters. The van der Waals surface area contributed by atoms with Crippen LogP contribution in [0.15, 0.2) is 36.9 Å². The van der Waals surface area contributed by atoms with Crippen LogP contribution in [0, 0.1) is 11.8 Å². The summed E-state index contributed by atoms with van der Waals surface area (Å²) in [6.45, 7) is 6.46. The van der Waals surface area contributed by atoms with Gasteiger partial charge in [0, 0.05) is 17.1 Å². The Morgan fingerprint density at radius 3 is 2.42 bits per heavy atom. The van der Waals surface area contributed by atoms with Crippen molar-refractivity contribution < 1.29 is 0 Å². The Labute approximate surface area is 118 Å². The molecule has 99 valence electrons. The first-order valence-electron chi connectivity index (χ1n) is 6.12. The molecule has 0 amide bonds. The van der Waals surface area contributed by atoms with E-state index in [1.807, 2.05) is 24.3 Å². The fraction of sp³-hybridized carbons (Fsp3) is 0.267. The second kappa shape index (κ2) is 5.57. The van der Waals surface area contributed by atoms with Gasteiger partial charge in [0.1, 0.15) is 12.7 Å². The topological polar surface area (TPSA) is 30.7 Å². The van der Waals surface area contributed by atoms with E-state index in [1.165, 1.54) is 6.33 Å². The summed E-state index contributed by atoms with van der Waals surface area (Å²) in [4.78, 5) is 4.00. The molecule has 4 heteroatoms. The molecule has 0 aliphatic carbocycles. The van der Waals surface area contributed by atoms with Crippen LogP contribution >= 0.6 is 11.6 Å². The first-order valence-corrected chi connectivity index (χ1v) is 6.50. The molecular formula is C15H17ClN3. The van der Waals surface area contributed by atoms with E-state index in [0.717, 1.165) is 16.3 Å². The van der Waals surface area contributed by atoms with Crippen LogP contribution in [-0.2, 0) is 0 Å². The van der Waals surface area contributed by atoms with Crippen LogP contribution in [0.25, 0.3) is 11.8 Å². The van der Waals surface area contributed by atoms with Crippen LogP contribution in [0.3, 0.4) is 0 Å². The first-order chi connectivity index (χ1) is 8.94. The number of hydrogen-bond acceptors (Lipinski definition) is 2. The van der Waals surface area contributed by atoms with Gasteiger partial charge in [0.2, 0.25) is 0 Å². The second-order valence-corrected chi connectivity index (χ2v) is 5.91. The van der Waals surface area contributed by atoms with Gasteiger partial charge < -0.3 is 0 Å². The molecule has 1 heterocycles. The van der Waals surface area contributed by atoms with Gasteiger partial charge >= 0.3 is 0 Å². The summed E-state index contributed by atoms with van der Waals surface area (Å²) >= 11 is 5.90. The molecule has 0 aliphatic rings. The lowest BCUT2D eigenvalue weighted by molar-refractivity contribution is 0.508. The molecule has 3 nitrogen and oxygen atoms in total. The van der Waals surface area contributed by atoms with Gasteiger partial charge in [0.05, 0.1) is 0 Å². The third-order valence-corrected chi connectivity index (χ3v) is 2.70. The van der Waals surface area contributed by atoms with Gasteiger partial charge in [0.15, 0.2) is 0 Å².